The maximum absolute atomic E-state index is 12.9. The van der Waals surface area contributed by atoms with E-state index in [1.54, 1.807) is 40.1 Å². The van der Waals surface area contributed by atoms with E-state index in [4.69, 9.17) is 27.9 Å². The number of benzene rings is 2. The second-order valence-corrected chi connectivity index (χ2v) is 7.34. The van der Waals surface area contributed by atoms with Gasteiger partial charge in [-0.15, -0.1) is 12.6 Å². The number of methoxy groups -OCH3 is 1. The van der Waals surface area contributed by atoms with Crippen molar-refractivity contribution in [3.05, 3.63) is 57.6 Å². The summed E-state index contributed by atoms with van der Waals surface area (Å²) in [4.78, 5) is 29.6. The molecule has 2 aromatic carbocycles. The predicted octanol–water partition coefficient (Wildman–Crippen LogP) is 3.89. The summed E-state index contributed by atoms with van der Waals surface area (Å²) in [6.07, 6.45) is 0. The quantitative estimate of drug-likeness (QED) is 0.760. The number of nitrogens with zero attached hydrogens (tertiary/aromatic N) is 2. The topological polar surface area (TPSA) is 49.9 Å². The molecular formula is C19H18Cl2N2O3S. The van der Waals surface area contributed by atoms with E-state index in [1.807, 2.05) is 6.07 Å². The third-order valence-electron chi connectivity index (χ3n) is 4.47. The van der Waals surface area contributed by atoms with Crippen molar-refractivity contribution in [3.8, 4) is 5.75 Å². The normalized spacial score (nSPS) is 14.2. The third kappa shape index (κ3) is 4.03. The van der Waals surface area contributed by atoms with Crippen molar-refractivity contribution >= 4 is 47.6 Å². The smallest absolute Gasteiger partial charge is 0.259 e. The molecule has 1 heterocycles. The van der Waals surface area contributed by atoms with Crippen LogP contribution in [0.1, 0.15) is 20.7 Å². The summed E-state index contributed by atoms with van der Waals surface area (Å²) in [5.41, 5.74) is 0.798. The van der Waals surface area contributed by atoms with Gasteiger partial charge in [0.05, 0.1) is 22.7 Å². The number of ether oxygens (including phenoxy) is 1. The van der Waals surface area contributed by atoms with Crippen molar-refractivity contribution in [3.63, 3.8) is 0 Å². The van der Waals surface area contributed by atoms with E-state index < -0.39 is 0 Å². The fourth-order valence-corrected chi connectivity index (χ4v) is 3.75. The van der Waals surface area contributed by atoms with Crippen molar-refractivity contribution < 1.29 is 14.3 Å². The highest BCUT2D eigenvalue weighted by atomic mass is 35.5. The van der Waals surface area contributed by atoms with Crippen LogP contribution in [0.2, 0.25) is 10.0 Å². The average Bonchev–Trinajstić information content (AvgIpc) is 2.69. The minimum atomic E-state index is -0.263. The molecule has 1 saturated heterocycles. The molecule has 0 aliphatic carbocycles. The van der Waals surface area contributed by atoms with Gasteiger partial charge in [-0.3, -0.25) is 9.59 Å². The summed E-state index contributed by atoms with van der Waals surface area (Å²) in [6.45, 7) is 1.64. The van der Waals surface area contributed by atoms with Crippen LogP contribution in [0.25, 0.3) is 0 Å². The standard InChI is InChI=1S/C19H18Cl2N2O3S/c1-26-17-14(21)7-6-13(20)16(17)19(25)23-10-8-22(9-11-23)18(24)12-4-2-3-5-15(12)27/h2-7,27H,8-11H2,1H3. The van der Waals surface area contributed by atoms with Crippen LogP contribution in [0.5, 0.6) is 5.75 Å². The maximum atomic E-state index is 12.9. The molecule has 142 valence electrons. The van der Waals surface area contributed by atoms with E-state index in [1.165, 1.54) is 7.11 Å². The Labute approximate surface area is 173 Å². The van der Waals surface area contributed by atoms with Crippen molar-refractivity contribution in [2.45, 2.75) is 4.90 Å². The molecule has 5 nitrogen and oxygen atoms in total. The fourth-order valence-electron chi connectivity index (χ4n) is 3.03. The number of rotatable bonds is 3. The van der Waals surface area contributed by atoms with E-state index in [-0.39, 0.29) is 28.1 Å². The summed E-state index contributed by atoms with van der Waals surface area (Å²) in [5.74, 6) is -0.0937. The Kier molecular flexibility index (Phi) is 6.19. The molecule has 0 atom stereocenters. The lowest BCUT2D eigenvalue weighted by atomic mass is 10.1. The Morgan fingerprint density at radius 3 is 2.07 bits per heavy atom. The van der Waals surface area contributed by atoms with Gasteiger partial charge < -0.3 is 14.5 Å². The van der Waals surface area contributed by atoms with Crippen LogP contribution in [0, 0.1) is 0 Å². The molecule has 0 spiro atoms. The minimum Gasteiger partial charge on any atom is -0.494 e. The number of carbonyl (C=O) groups excluding carboxylic acids is 2. The van der Waals surface area contributed by atoms with Gasteiger partial charge in [0.15, 0.2) is 5.75 Å². The molecule has 0 N–H and O–H groups in total. The van der Waals surface area contributed by atoms with Crippen LogP contribution in [-0.2, 0) is 0 Å². The maximum Gasteiger partial charge on any atom is 0.259 e. The van der Waals surface area contributed by atoms with E-state index in [0.717, 1.165) is 0 Å². The van der Waals surface area contributed by atoms with Crippen LogP contribution in [0.3, 0.4) is 0 Å². The number of halogens is 2. The van der Waals surface area contributed by atoms with Gasteiger partial charge in [0, 0.05) is 31.1 Å². The highest BCUT2D eigenvalue weighted by Crippen LogP contribution is 2.35. The lowest BCUT2D eigenvalue weighted by molar-refractivity contribution is 0.0532. The van der Waals surface area contributed by atoms with E-state index in [0.29, 0.717) is 41.7 Å². The first kappa shape index (κ1) is 19.9. The van der Waals surface area contributed by atoms with Crippen LogP contribution in [0.4, 0.5) is 0 Å². The first-order chi connectivity index (χ1) is 12.9. The molecule has 0 bridgehead atoms. The molecule has 1 fully saturated rings. The van der Waals surface area contributed by atoms with Gasteiger partial charge in [0.25, 0.3) is 11.8 Å². The molecule has 8 heteroatoms. The van der Waals surface area contributed by atoms with Crippen LogP contribution >= 0.6 is 35.8 Å². The Balaban J connectivity index is 1.73. The lowest BCUT2D eigenvalue weighted by Crippen LogP contribution is -2.50. The van der Waals surface area contributed by atoms with Gasteiger partial charge in [-0.05, 0) is 24.3 Å². The summed E-state index contributed by atoms with van der Waals surface area (Å²) in [7, 11) is 1.44. The fraction of sp³-hybridized carbons (Fsp3) is 0.263. The first-order valence-corrected chi connectivity index (χ1v) is 9.53. The van der Waals surface area contributed by atoms with Gasteiger partial charge in [-0.1, -0.05) is 35.3 Å². The molecule has 0 unspecified atom stereocenters. The Morgan fingerprint density at radius 2 is 1.48 bits per heavy atom. The van der Waals surface area contributed by atoms with E-state index in [9.17, 15) is 9.59 Å². The SMILES string of the molecule is COc1c(Cl)ccc(Cl)c1C(=O)N1CCN(C(=O)c2ccccc2S)CC1. The Morgan fingerprint density at radius 1 is 0.926 bits per heavy atom. The average molecular weight is 425 g/mol. The summed E-state index contributed by atoms with van der Waals surface area (Å²) < 4.78 is 5.26. The zero-order chi connectivity index (χ0) is 19.6. The number of carbonyl (C=O) groups is 2. The summed E-state index contributed by atoms with van der Waals surface area (Å²) >= 11 is 16.7. The van der Waals surface area contributed by atoms with Gasteiger partial charge in [0.1, 0.15) is 5.56 Å². The van der Waals surface area contributed by atoms with Crippen molar-refractivity contribution in [1.29, 1.82) is 0 Å². The van der Waals surface area contributed by atoms with Crippen LogP contribution < -0.4 is 4.74 Å². The highest BCUT2D eigenvalue weighted by molar-refractivity contribution is 7.80. The third-order valence-corrected chi connectivity index (χ3v) is 5.47. The number of amides is 2. The zero-order valence-electron chi connectivity index (χ0n) is 14.6. The molecule has 1 aliphatic heterocycles. The van der Waals surface area contributed by atoms with E-state index in [2.05, 4.69) is 12.6 Å². The Bertz CT molecular complexity index is 883. The minimum absolute atomic E-state index is 0.0916. The zero-order valence-corrected chi connectivity index (χ0v) is 17.0. The van der Waals surface area contributed by atoms with Crippen molar-refractivity contribution in [1.82, 2.24) is 9.80 Å². The predicted molar refractivity (Wildman–Crippen MR) is 109 cm³/mol. The molecule has 27 heavy (non-hydrogen) atoms. The second-order valence-electron chi connectivity index (χ2n) is 6.04. The van der Waals surface area contributed by atoms with Gasteiger partial charge in [-0.2, -0.15) is 0 Å². The summed E-state index contributed by atoms with van der Waals surface area (Å²) in [5, 5.41) is 0.605. The van der Waals surface area contributed by atoms with Gasteiger partial charge in [0.2, 0.25) is 0 Å². The van der Waals surface area contributed by atoms with Crippen molar-refractivity contribution in [2.75, 3.05) is 33.3 Å². The molecule has 3 rings (SSSR count). The van der Waals surface area contributed by atoms with Gasteiger partial charge in [-0.25, -0.2) is 0 Å². The molecular weight excluding hydrogens is 407 g/mol. The highest BCUT2D eigenvalue weighted by Gasteiger charge is 2.29. The molecule has 2 amide bonds. The van der Waals surface area contributed by atoms with E-state index >= 15 is 0 Å². The largest absolute Gasteiger partial charge is 0.494 e. The molecule has 0 radical (unpaired) electrons. The van der Waals surface area contributed by atoms with Crippen LogP contribution in [-0.4, -0.2) is 54.9 Å². The molecule has 0 aromatic heterocycles. The molecule has 1 aliphatic rings. The molecule has 0 saturated carbocycles. The Hall–Kier alpha value is -1.89. The summed E-state index contributed by atoms with van der Waals surface area (Å²) in [6, 6.07) is 10.3. The number of piperazine rings is 1. The lowest BCUT2D eigenvalue weighted by Gasteiger charge is -2.35. The van der Waals surface area contributed by atoms with Gasteiger partial charge >= 0.3 is 0 Å². The number of thiol groups is 1. The first-order valence-electron chi connectivity index (χ1n) is 8.32. The number of hydrogen-bond acceptors (Lipinski definition) is 4. The van der Waals surface area contributed by atoms with Crippen LogP contribution in [0.15, 0.2) is 41.3 Å². The number of hydrogen-bond donors (Lipinski definition) is 1. The monoisotopic (exact) mass is 424 g/mol. The molecule has 2 aromatic rings. The second kappa shape index (κ2) is 8.42. The van der Waals surface area contributed by atoms with Crippen molar-refractivity contribution in [2.24, 2.45) is 0 Å².